The molecule has 0 aliphatic rings. The van der Waals surface area contributed by atoms with Crippen molar-refractivity contribution in [2.45, 2.75) is 25.7 Å². The third-order valence-electron chi connectivity index (χ3n) is 2.28. The summed E-state index contributed by atoms with van der Waals surface area (Å²) in [6.45, 7) is 1.05. The second-order valence-electron chi connectivity index (χ2n) is 3.84. The van der Waals surface area contributed by atoms with Crippen molar-refractivity contribution in [2.75, 3.05) is 13.1 Å². The third kappa shape index (κ3) is 5.24. The van der Waals surface area contributed by atoms with Crippen LogP contribution in [-0.2, 0) is 11.2 Å². The molecule has 1 aromatic heterocycles. The predicted molar refractivity (Wildman–Crippen MR) is 70.3 cm³/mol. The molecule has 0 bridgehead atoms. The average Bonchev–Trinajstić information content (AvgIpc) is 2.77. The standard InChI is InChI=1S/C11H18N4O2S/c12-5-4-10-15-8(7-18-10)11(17)14-6-2-1-3-9(13)16/h7H,1-6,12H2,(H2,13,16)(H,14,17). The van der Waals surface area contributed by atoms with Gasteiger partial charge in [0.1, 0.15) is 5.69 Å². The molecule has 7 heteroatoms. The van der Waals surface area contributed by atoms with Crippen LogP contribution in [0.25, 0.3) is 0 Å². The maximum atomic E-state index is 11.7. The number of amides is 2. The van der Waals surface area contributed by atoms with Crippen LogP contribution in [0.15, 0.2) is 5.38 Å². The van der Waals surface area contributed by atoms with Crippen molar-refractivity contribution in [3.63, 3.8) is 0 Å². The molecule has 1 aromatic rings. The molecule has 0 atom stereocenters. The van der Waals surface area contributed by atoms with Crippen LogP contribution >= 0.6 is 11.3 Å². The largest absolute Gasteiger partial charge is 0.370 e. The fourth-order valence-electron chi connectivity index (χ4n) is 1.37. The van der Waals surface area contributed by atoms with E-state index >= 15 is 0 Å². The number of aromatic nitrogens is 1. The first-order valence-electron chi connectivity index (χ1n) is 5.84. The van der Waals surface area contributed by atoms with Crippen molar-refractivity contribution in [3.8, 4) is 0 Å². The second-order valence-corrected chi connectivity index (χ2v) is 4.79. The lowest BCUT2D eigenvalue weighted by atomic mass is 10.2. The summed E-state index contributed by atoms with van der Waals surface area (Å²) in [6.07, 6.45) is 2.46. The number of carbonyl (C=O) groups excluding carboxylic acids is 2. The van der Waals surface area contributed by atoms with Gasteiger partial charge in [0.05, 0.1) is 5.01 Å². The molecule has 5 N–H and O–H groups in total. The van der Waals surface area contributed by atoms with Gasteiger partial charge in [-0.3, -0.25) is 9.59 Å². The van der Waals surface area contributed by atoms with E-state index in [0.717, 1.165) is 11.4 Å². The Balaban J connectivity index is 2.25. The van der Waals surface area contributed by atoms with E-state index in [1.54, 1.807) is 5.38 Å². The maximum absolute atomic E-state index is 11.7. The molecule has 0 aliphatic carbocycles. The molecule has 0 spiro atoms. The Kier molecular flexibility index (Phi) is 6.31. The van der Waals surface area contributed by atoms with Gasteiger partial charge in [0.25, 0.3) is 5.91 Å². The highest BCUT2D eigenvalue weighted by molar-refractivity contribution is 7.09. The van der Waals surface area contributed by atoms with Crippen LogP contribution in [0.2, 0.25) is 0 Å². The number of unbranched alkanes of at least 4 members (excludes halogenated alkanes) is 1. The van der Waals surface area contributed by atoms with Gasteiger partial charge in [-0.15, -0.1) is 11.3 Å². The van der Waals surface area contributed by atoms with Crippen molar-refractivity contribution in [1.82, 2.24) is 10.3 Å². The second kappa shape index (κ2) is 7.78. The van der Waals surface area contributed by atoms with Gasteiger partial charge in [0, 0.05) is 24.8 Å². The fraction of sp³-hybridized carbons (Fsp3) is 0.545. The summed E-state index contributed by atoms with van der Waals surface area (Å²) in [7, 11) is 0. The van der Waals surface area contributed by atoms with Crippen LogP contribution in [0.5, 0.6) is 0 Å². The summed E-state index contributed by atoms with van der Waals surface area (Å²) in [5.74, 6) is -0.499. The summed E-state index contributed by atoms with van der Waals surface area (Å²) in [4.78, 5) is 26.3. The van der Waals surface area contributed by atoms with E-state index < -0.39 is 0 Å². The molecular weight excluding hydrogens is 252 g/mol. The van der Waals surface area contributed by atoms with Crippen LogP contribution in [0.4, 0.5) is 0 Å². The number of carbonyl (C=O) groups is 2. The number of thiazole rings is 1. The Morgan fingerprint density at radius 1 is 1.39 bits per heavy atom. The highest BCUT2D eigenvalue weighted by atomic mass is 32.1. The summed E-state index contributed by atoms with van der Waals surface area (Å²) in [5.41, 5.74) is 10.9. The van der Waals surface area contributed by atoms with E-state index in [1.165, 1.54) is 11.3 Å². The van der Waals surface area contributed by atoms with Gasteiger partial charge in [-0.25, -0.2) is 4.98 Å². The molecule has 0 radical (unpaired) electrons. The first-order chi connectivity index (χ1) is 8.63. The quantitative estimate of drug-likeness (QED) is 0.579. The summed E-state index contributed by atoms with van der Waals surface area (Å²) < 4.78 is 0. The molecular formula is C11H18N4O2S. The molecule has 1 rings (SSSR count). The van der Waals surface area contributed by atoms with E-state index in [0.29, 0.717) is 38.0 Å². The van der Waals surface area contributed by atoms with Gasteiger partial charge in [0.2, 0.25) is 5.91 Å². The summed E-state index contributed by atoms with van der Waals surface area (Å²) >= 11 is 1.44. The van der Waals surface area contributed by atoms with E-state index in [9.17, 15) is 9.59 Å². The molecule has 0 fully saturated rings. The predicted octanol–water partition coefficient (Wildman–Crippen LogP) is 0.0297. The number of primary amides is 1. The van der Waals surface area contributed by atoms with Gasteiger partial charge in [-0.2, -0.15) is 0 Å². The normalized spacial score (nSPS) is 10.3. The first kappa shape index (κ1) is 14.6. The van der Waals surface area contributed by atoms with Gasteiger partial charge in [-0.05, 0) is 19.4 Å². The molecule has 0 unspecified atom stereocenters. The number of rotatable bonds is 8. The topological polar surface area (TPSA) is 111 Å². The molecule has 0 aliphatic heterocycles. The molecule has 0 saturated heterocycles. The van der Waals surface area contributed by atoms with Crippen molar-refractivity contribution in [1.29, 1.82) is 0 Å². The highest BCUT2D eigenvalue weighted by Crippen LogP contribution is 2.09. The lowest BCUT2D eigenvalue weighted by Crippen LogP contribution is -2.25. The van der Waals surface area contributed by atoms with Crippen molar-refractivity contribution < 1.29 is 9.59 Å². The Bertz CT molecular complexity index is 406. The number of nitrogens with one attached hydrogen (secondary N) is 1. The van der Waals surface area contributed by atoms with Gasteiger partial charge in [0.15, 0.2) is 0 Å². The average molecular weight is 270 g/mol. The minimum absolute atomic E-state index is 0.186. The summed E-state index contributed by atoms with van der Waals surface area (Å²) in [5, 5.41) is 5.35. The van der Waals surface area contributed by atoms with E-state index in [2.05, 4.69) is 10.3 Å². The van der Waals surface area contributed by atoms with Crippen LogP contribution < -0.4 is 16.8 Å². The molecule has 100 valence electrons. The first-order valence-corrected chi connectivity index (χ1v) is 6.72. The minimum atomic E-state index is -0.313. The molecule has 0 saturated carbocycles. The lowest BCUT2D eigenvalue weighted by molar-refractivity contribution is -0.118. The van der Waals surface area contributed by atoms with Crippen LogP contribution in [-0.4, -0.2) is 29.9 Å². The Morgan fingerprint density at radius 3 is 2.83 bits per heavy atom. The number of nitrogens with zero attached hydrogens (tertiary/aromatic N) is 1. The minimum Gasteiger partial charge on any atom is -0.370 e. The van der Waals surface area contributed by atoms with Gasteiger partial charge >= 0.3 is 0 Å². The fourth-order valence-corrected chi connectivity index (χ4v) is 2.16. The SMILES string of the molecule is NCCc1nc(C(=O)NCCCCC(N)=O)cs1. The zero-order chi connectivity index (χ0) is 13.4. The monoisotopic (exact) mass is 270 g/mol. The lowest BCUT2D eigenvalue weighted by Gasteiger charge is -2.02. The Hall–Kier alpha value is -1.47. The molecule has 0 aromatic carbocycles. The van der Waals surface area contributed by atoms with Crippen LogP contribution in [0.3, 0.4) is 0 Å². The van der Waals surface area contributed by atoms with Crippen molar-refractivity contribution >= 4 is 23.2 Å². The van der Waals surface area contributed by atoms with E-state index in [4.69, 9.17) is 11.5 Å². The van der Waals surface area contributed by atoms with Crippen LogP contribution in [0.1, 0.15) is 34.8 Å². The zero-order valence-corrected chi connectivity index (χ0v) is 11.0. The molecule has 6 nitrogen and oxygen atoms in total. The Morgan fingerprint density at radius 2 is 2.17 bits per heavy atom. The van der Waals surface area contributed by atoms with E-state index in [-0.39, 0.29) is 11.8 Å². The number of hydrogen-bond acceptors (Lipinski definition) is 5. The summed E-state index contributed by atoms with van der Waals surface area (Å²) in [6, 6.07) is 0. The number of hydrogen-bond donors (Lipinski definition) is 3. The molecule has 18 heavy (non-hydrogen) atoms. The third-order valence-corrected chi connectivity index (χ3v) is 3.19. The zero-order valence-electron chi connectivity index (χ0n) is 10.1. The Labute approximate surface area is 110 Å². The van der Waals surface area contributed by atoms with E-state index in [1.807, 2.05) is 0 Å². The maximum Gasteiger partial charge on any atom is 0.270 e. The molecule has 2 amide bonds. The van der Waals surface area contributed by atoms with Gasteiger partial charge < -0.3 is 16.8 Å². The molecule has 1 heterocycles. The highest BCUT2D eigenvalue weighted by Gasteiger charge is 2.09. The number of nitrogens with two attached hydrogens (primary N) is 2. The van der Waals surface area contributed by atoms with Gasteiger partial charge in [-0.1, -0.05) is 0 Å². The van der Waals surface area contributed by atoms with Crippen molar-refractivity contribution in [3.05, 3.63) is 16.1 Å². The van der Waals surface area contributed by atoms with Crippen LogP contribution in [0, 0.1) is 0 Å². The van der Waals surface area contributed by atoms with Crippen molar-refractivity contribution in [2.24, 2.45) is 11.5 Å². The smallest absolute Gasteiger partial charge is 0.270 e.